The largest absolute Gasteiger partial charge is 0.480 e. The number of hydrogen-bond acceptors (Lipinski definition) is 6. The average Bonchev–Trinajstić information content (AvgIpc) is 2.55. The fourth-order valence-electron chi connectivity index (χ4n) is 2.41. The minimum atomic E-state index is -5.00. The molecule has 0 saturated carbocycles. The highest BCUT2D eigenvalue weighted by molar-refractivity contribution is 8.01. The van der Waals surface area contributed by atoms with Crippen molar-refractivity contribution in [2.24, 2.45) is 0 Å². The monoisotopic (exact) mass is 408 g/mol. The molecule has 0 spiro atoms. The average molecular weight is 408 g/mol. The number of para-hydroxylation sites is 1. The lowest BCUT2D eigenvalue weighted by molar-refractivity contribution is -0.118. The van der Waals surface area contributed by atoms with Crippen LogP contribution in [0.2, 0.25) is 0 Å². The van der Waals surface area contributed by atoms with Crippen LogP contribution < -0.4 is 4.74 Å². The van der Waals surface area contributed by atoms with Crippen molar-refractivity contribution in [3.8, 4) is 5.75 Å². The number of unbranched alkanes of at least 4 members (excludes halogenated alkanes) is 5. The Bertz CT molecular complexity index is 799. The zero-order valence-corrected chi connectivity index (χ0v) is 16.1. The second-order valence-electron chi connectivity index (χ2n) is 5.88. The Balaban J connectivity index is 2.92. The smallest absolute Gasteiger partial charge is 0.332 e. The molecule has 1 unspecified atom stereocenters. The van der Waals surface area contributed by atoms with Gasteiger partial charge in [0.1, 0.15) is 10.6 Å². The van der Waals surface area contributed by atoms with Gasteiger partial charge >= 0.3 is 15.2 Å². The Kier molecular flexibility index (Phi) is 8.68. The molecular weight excluding hydrogens is 384 g/mol. The third kappa shape index (κ3) is 7.40. The summed E-state index contributed by atoms with van der Waals surface area (Å²) in [7, 11) is -9.62. The maximum Gasteiger partial charge on any atom is 0.332 e. The zero-order valence-electron chi connectivity index (χ0n) is 14.5. The van der Waals surface area contributed by atoms with E-state index in [9.17, 15) is 26.2 Å². The van der Waals surface area contributed by atoms with Crippen molar-refractivity contribution >= 4 is 25.4 Å². The van der Waals surface area contributed by atoms with Crippen molar-refractivity contribution < 1.29 is 35.5 Å². The first-order chi connectivity index (χ1) is 12.1. The molecule has 26 heavy (non-hydrogen) atoms. The van der Waals surface area contributed by atoms with Gasteiger partial charge in [0.15, 0.2) is 6.10 Å². The first-order valence-electron chi connectivity index (χ1n) is 8.32. The number of ether oxygens (including phenoxy) is 1. The van der Waals surface area contributed by atoms with Crippen molar-refractivity contribution in [1.82, 2.24) is 0 Å². The molecule has 0 amide bonds. The summed E-state index contributed by atoms with van der Waals surface area (Å²) in [5, 5.41) is -1.55. The molecule has 0 saturated heterocycles. The molecule has 1 atom stereocenters. The van der Waals surface area contributed by atoms with E-state index in [0.717, 1.165) is 38.2 Å². The van der Waals surface area contributed by atoms with Crippen LogP contribution in [0.4, 0.5) is 0 Å². The highest BCUT2D eigenvalue weighted by atomic mass is 32.2. The molecule has 0 fully saturated rings. The van der Waals surface area contributed by atoms with E-state index in [-0.39, 0.29) is 12.2 Å². The summed E-state index contributed by atoms with van der Waals surface area (Å²) in [6, 6.07) is 4.99. The first-order valence-corrected chi connectivity index (χ1v) is 11.2. The Labute approximate surface area is 154 Å². The van der Waals surface area contributed by atoms with Crippen molar-refractivity contribution in [3.63, 3.8) is 0 Å². The fraction of sp³-hybridized carbons (Fsp3) is 0.562. The van der Waals surface area contributed by atoms with Crippen LogP contribution in [0, 0.1) is 0 Å². The van der Waals surface area contributed by atoms with Crippen molar-refractivity contribution in [2.75, 3.05) is 0 Å². The summed E-state index contributed by atoms with van der Waals surface area (Å²) < 4.78 is 68.6. The molecule has 1 rings (SSSR count). The Morgan fingerprint density at radius 1 is 1.00 bits per heavy atom. The number of carbonyl (C=O) groups excluding carboxylic acids is 1. The maximum atomic E-state index is 11.9. The number of carbonyl (C=O) groups is 1. The Morgan fingerprint density at radius 3 is 2.15 bits per heavy atom. The summed E-state index contributed by atoms with van der Waals surface area (Å²) in [5.41, 5.74) is 0. The molecule has 0 heterocycles. The van der Waals surface area contributed by atoms with Gasteiger partial charge in [-0.1, -0.05) is 51.2 Å². The highest BCUT2D eigenvalue weighted by Crippen LogP contribution is 2.26. The van der Waals surface area contributed by atoms with E-state index >= 15 is 0 Å². The second kappa shape index (κ2) is 10.0. The summed E-state index contributed by atoms with van der Waals surface area (Å²) >= 11 is 0. The molecule has 0 aliphatic heterocycles. The van der Waals surface area contributed by atoms with E-state index in [0.29, 0.717) is 6.42 Å². The van der Waals surface area contributed by atoms with Gasteiger partial charge in [-0.15, -0.1) is 0 Å². The molecule has 0 bridgehead atoms. The van der Waals surface area contributed by atoms with Crippen LogP contribution in [0.5, 0.6) is 5.75 Å². The van der Waals surface area contributed by atoms with Gasteiger partial charge in [-0.25, -0.2) is 0 Å². The van der Waals surface area contributed by atoms with Crippen LogP contribution in [0.25, 0.3) is 0 Å². The minimum Gasteiger partial charge on any atom is -0.480 e. The van der Waals surface area contributed by atoms with Crippen LogP contribution in [-0.4, -0.2) is 37.2 Å². The molecule has 0 aliphatic rings. The van der Waals surface area contributed by atoms with Crippen molar-refractivity contribution in [1.29, 1.82) is 0 Å². The molecule has 10 heteroatoms. The molecular formula is C16H24O8S2. The first kappa shape index (κ1) is 22.6. The predicted molar refractivity (Wildman–Crippen MR) is 95.2 cm³/mol. The van der Waals surface area contributed by atoms with Gasteiger partial charge in [0.25, 0.3) is 10.1 Å². The summed E-state index contributed by atoms with van der Waals surface area (Å²) in [4.78, 5) is 11.3. The minimum absolute atomic E-state index is 0.00937. The van der Waals surface area contributed by atoms with Gasteiger partial charge < -0.3 is 4.74 Å². The number of rotatable bonds is 11. The van der Waals surface area contributed by atoms with Gasteiger partial charge in [0, 0.05) is 0 Å². The molecule has 1 aromatic carbocycles. The van der Waals surface area contributed by atoms with Crippen LogP contribution in [0.15, 0.2) is 29.2 Å². The van der Waals surface area contributed by atoms with Gasteiger partial charge in [-0.2, -0.15) is 16.8 Å². The van der Waals surface area contributed by atoms with Crippen molar-refractivity contribution in [3.05, 3.63) is 24.3 Å². The normalized spacial score (nSPS) is 13.3. The van der Waals surface area contributed by atoms with Crippen LogP contribution in [0.3, 0.4) is 0 Å². The molecule has 0 aromatic heterocycles. The van der Waals surface area contributed by atoms with Crippen molar-refractivity contribution in [2.45, 2.75) is 62.9 Å². The lowest BCUT2D eigenvalue weighted by atomic mass is 10.1. The Morgan fingerprint density at radius 2 is 1.58 bits per heavy atom. The SMILES string of the molecule is CCCCCCCCC(Oc1ccccc1S(=O)(=O)O)C(=O)S(=O)(=O)O. The van der Waals surface area contributed by atoms with Crippen LogP contribution in [0.1, 0.15) is 51.9 Å². The third-order valence-corrected chi connectivity index (χ3v) is 5.40. The summed E-state index contributed by atoms with van der Waals surface area (Å²) in [6.07, 6.45) is 3.68. The lowest BCUT2D eigenvalue weighted by Gasteiger charge is -2.18. The third-order valence-electron chi connectivity index (χ3n) is 3.73. The molecule has 2 N–H and O–H groups in total. The second-order valence-corrected chi connectivity index (χ2v) is 8.62. The van der Waals surface area contributed by atoms with Gasteiger partial charge in [0.05, 0.1) is 0 Å². The van der Waals surface area contributed by atoms with E-state index in [1.54, 1.807) is 0 Å². The fourth-order valence-corrected chi connectivity index (χ4v) is 3.53. The predicted octanol–water partition coefficient (Wildman–Crippen LogP) is 2.85. The van der Waals surface area contributed by atoms with Gasteiger partial charge in [-0.3, -0.25) is 13.9 Å². The van der Waals surface area contributed by atoms with E-state index in [2.05, 4.69) is 6.92 Å². The Hall–Kier alpha value is -1.49. The lowest BCUT2D eigenvalue weighted by Crippen LogP contribution is -2.33. The molecule has 8 nitrogen and oxygen atoms in total. The molecule has 0 aliphatic carbocycles. The summed E-state index contributed by atoms with van der Waals surface area (Å²) in [6.45, 7) is 2.07. The van der Waals surface area contributed by atoms with E-state index < -0.39 is 36.4 Å². The van der Waals surface area contributed by atoms with E-state index in [4.69, 9.17) is 9.29 Å². The molecule has 0 radical (unpaired) electrons. The molecule has 1 aromatic rings. The van der Waals surface area contributed by atoms with Crippen LogP contribution >= 0.6 is 0 Å². The quantitative estimate of drug-likeness (QED) is 0.421. The van der Waals surface area contributed by atoms with Gasteiger partial charge in [-0.05, 0) is 25.0 Å². The number of hydrogen-bond donors (Lipinski definition) is 2. The molecule has 148 valence electrons. The van der Waals surface area contributed by atoms with Crippen LogP contribution in [-0.2, 0) is 25.0 Å². The topological polar surface area (TPSA) is 135 Å². The highest BCUT2D eigenvalue weighted by Gasteiger charge is 2.32. The van der Waals surface area contributed by atoms with E-state index in [1.165, 1.54) is 18.2 Å². The zero-order chi connectivity index (χ0) is 19.8. The standard InChI is InChI=1S/C16H24O8S2/c1-2-3-4-5-6-7-11-14(16(17)26(21,22)23)24-13-10-8-9-12-15(13)25(18,19)20/h8-10,12,14H,2-7,11H2,1H3,(H,18,19,20)(H,21,22,23). The van der Waals surface area contributed by atoms with Gasteiger partial charge in [0.2, 0.25) is 0 Å². The number of benzene rings is 1. The summed E-state index contributed by atoms with van der Waals surface area (Å²) in [5.74, 6) is -0.358. The maximum absolute atomic E-state index is 11.9. The van der Waals surface area contributed by atoms with E-state index in [1.807, 2.05) is 0 Å².